The first-order chi connectivity index (χ1) is 9.61. The molecular formula is C14H16N2O4. The van der Waals surface area contributed by atoms with Gasteiger partial charge in [0.05, 0.1) is 13.7 Å². The molecule has 0 aliphatic carbocycles. The van der Waals surface area contributed by atoms with E-state index in [2.05, 4.69) is 10.3 Å². The highest BCUT2D eigenvalue weighted by molar-refractivity contribution is 5.88. The summed E-state index contributed by atoms with van der Waals surface area (Å²) in [5, 5.41) is 12.1. The van der Waals surface area contributed by atoms with Crippen LogP contribution in [0.3, 0.4) is 0 Å². The zero-order valence-corrected chi connectivity index (χ0v) is 11.3. The van der Waals surface area contributed by atoms with Crippen molar-refractivity contribution in [2.75, 3.05) is 7.11 Å². The van der Waals surface area contributed by atoms with E-state index in [-0.39, 0.29) is 5.56 Å². The van der Waals surface area contributed by atoms with E-state index in [1.165, 1.54) is 6.07 Å². The van der Waals surface area contributed by atoms with Crippen molar-refractivity contribution in [3.8, 4) is 5.88 Å². The minimum Gasteiger partial charge on any atom is -0.481 e. The molecule has 6 heteroatoms. The molecule has 0 aliphatic heterocycles. The van der Waals surface area contributed by atoms with Gasteiger partial charge in [-0.05, 0) is 19.1 Å². The number of carboxylic acids is 1. The fourth-order valence-corrected chi connectivity index (χ4v) is 1.91. The molecule has 6 nitrogen and oxygen atoms in total. The van der Waals surface area contributed by atoms with Gasteiger partial charge in [-0.15, -0.1) is 0 Å². The Morgan fingerprint density at radius 1 is 1.50 bits per heavy atom. The van der Waals surface area contributed by atoms with Crippen molar-refractivity contribution in [1.82, 2.24) is 10.3 Å². The van der Waals surface area contributed by atoms with Gasteiger partial charge in [0.2, 0.25) is 5.88 Å². The molecule has 2 rings (SSSR count). The molecule has 0 saturated carbocycles. The highest BCUT2D eigenvalue weighted by Gasteiger charge is 2.13. The lowest BCUT2D eigenvalue weighted by atomic mass is 10.2. The topological polar surface area (TPSA) is 84.6 Å². The number of rotatable bonds is 6. The largest absolute Gasteiger partial charge is 0.481 e. The van der Waals surface area contributed by atoms with Crippen LogP contribution in [0, 0.1) is 6.92 Å². The molecule has 20 heavy (non-hydrogen) atoms. The highest BCUT2D eigenvalue weighted by Crippen LogP contribution is 2.16. The van der Waals surface area contributed by atoms with E-state index in [1.54, 1.807) is 20.2 Å². The maximum atomic E-state index is 10.9. The third kappa shape index (κ3) is 3.16. The number of carbonyl (C=O) groups is 1. The lowest BCUT2D eigenvalue weighted by molar-refractivity contribution is 0.0695. The summed E-state index contributed by atoms with van der Waals surface area (Å²) in [6.45, 7) is 2.63. The van der Waals surface area contributed by atoms with Gasteiger partial charge in [-0.2, -0.15) is 0 Å². The third-order valence-corrected chi connectivity index (χ3v) is 2.86. The monoisotopic (exact) mass is 276 g/mol. The van der Waals surface area contributed by atoms with Crippen LogP contribution in [0.2, 0.25) is 0 Å². The van der Waals surface area contributed by atoms with Crippen LogP contribution in [0.5, 0.6) is 5.88 Å². The summed E-state index contributed by atoms with van der Waals surface area (Å²) in [5.74, 6) is 0.587. The van der Waals surface area contributed by atoms with E-state index >= 15 is 0 Å². The van der Waals surface area contributed by atoms with Crippen LogP contribution in [-0.2, 0) is 13.1 Å². The average Bonchev–Trinajstić information content (AvgIpc) is 2.80. The summed E-state index contributed by atoms with van der Waals surface area (Å²) in [7, 11) is 1.57. The van der Waals surface area contributed by atoms with E-state index in [1.807, 2.05) is 12.1 Å². The van der Waals surface area contributed by atoms with Crippen LogP contribution < -0.4 is 10.1 Å². The van der Waals surface area contributed by atoms with Crippen molar-refractivity contribution < 1.29 is 19.1 Å². The molecule has 0 spiro atoms. The maximum absolute atomic E-state index is 10.9. The molecule has 0 saturated heterocycles. The smallest absolute Gasteiger partial charge is 0.339 e. The van der Waals surface area contributed by atoms with Gasteiger partial charge >= 0.3 is 5.97 Å². The van der Waals surface area contributed by atoms with Crippen LogP contribution in [0.1, 0.15) is 27.4 Å². The van der Waals surface area contributed by atoms with Gasteiger partial charge in [-0.25, -0.2) is 9.78 Å². The van der Waals surface area contributed by atoms with Crippen LogP contribution in [0.15, 0.2) is 28.8 Å². The SMILES string of the molecule is COc1ncccc1CNCc1cc(C(=O)O)c(C)o1. The third-order valence-electron chi connectivity index (χ3n) is 2.86. The quantitative estimate of drug-likeness (QED) is 0.839. The summed E-state index contributed by atoms with van der Waals surface area (Å²) in [4.78, 5) is 15.0. The first-order valence-electron chi connectivity index (χ1n) is 6.13. The van der Waals surface area contributed by atoms with E-state index < -0.39 is 5.97 Å². The summed E-state index contributed by atoms with van der Waals surface area (Å²) in [5.41, 5.74) is 1.12. The van der Waals surface area contributed by atoms with Crippen molar-refractivity contribution in [1.29, 1.82) is 0 Å². The maximum Gasteiger partial charge on any atom is 0.339 e. The normalized spacial score (nSPS) is 10.5. The van der Waals surface area contributed by atoms with Crippen molar-refractivity contribution in [2.24, 2.45) is 0 Å². The van der Waals surface area contributed by atoms with Crippen LogP contribution in [0.4, 0.5) is 0 Å². The Hall–Kier alpha value is -2.34. The Morgan fingerprint density at radius 2 is 2.30 bits per heavy atom. The average molecular weight is 276 g/mol. The summed E-state index contributed by atoms with van der Waals surface area (Å²) in [6.07, 6.45) is 1.66. The van der Waals surface area contributed by atoms with E-state index in [0.717, 1.165) is 5.56 Å². The molecule has 2 aromatic rings. The molecule has 0 aliphatic rings. The molecule has 2 N–H and O–H groups in total. The van der Waals surface area contributed by atoms with Gasteiger partial charge in [0.15, 0.2) is 0 Å². The molecule has 0 amide bonds. The predicted molar refractivity (Wildman–Crippen MR) is 71.7 cm³/mol. The Kier molecular flexibility index (Phi) is 4.37. The lowest BCUT2D eigenvalue weighted by Gasteiger charge is -2.07. The van der Waals surface area contributed by atoms with Gasteiger partial charge in [-0.3, -0.25) is 0 Å². The van der Waals surface area contributed by atoms with Crippen molar-refractivity contribution in [3.05, 3.63) is 47.0 Å². The second-order valence-electron chi connectivity index (χ2n) is 4.26. The molecule has 0 aromatic carbocycles. The van der Waals surface area contributed by atoms with Gasteiger partial charge < -0.3 is 19.6 Å². The van der Waals surface area contributed by atoms with Crippen LogP contribution in [0.25, 0.3) is 0 Å². The van der Waals surface area contributed by atoms with E-state index in [4.69, 9.17) is 14.3 Å². The number of methoxy groups -OCH3 is 1. The highest BCUT2D eigenvalue weighted by atomic mass is 16.5. The number of pyridine rings is 1. The standard InChI is InChI=1S/C14H16N2O4/c1-9-12(14(17)18)6-11(20-9)8-15-7-10-4-3-5-16-13(10)19-2/h3-6,15H,7-8H2,1-2H3,(H,17,18). The Labute approximate surface area is 116 Å². The Bertz CT molecular complexity index is 607. The molecule has 0 unspecified atom stereocenters. The summed E-state index contributed by atoms with van der Waals surface area (Å²) in [6, 6.07) is 5.28. The van der Waals surface area contributed by atoms with E-state index in [0.29, 0.717) is 30.5 Å². The molecule has 0 bridgehead atoms. The van der Waals surface area contributed by atoms with E-state index in [9.17, 15) is 4.79 Å². The van der Waals surface area contributed by atoms with Crippen LogP contribution in [-0.4, -0.2) is 23.2 Å². The fourth-order valence-electron chi connectivity index (χ4n) is 1.91. The van der Waals surface area contributed by atoms with Crippen molar-refractivity contribution >= 4 is 5.97 Å². The Balaban J connectivity index is 1.96. The zero-order chi connectivity index (χ0) is 14.5. The number of nitrogens with zero attached hydrogens (tertiary/aromatic N) is 1. The van der Waals surface area contributed by atoms with Gasteiger partial charge in [0.25, 0.3) is 0 Å². The number of carboxylic acid groups (broad SMARTS) is 1. The fraction of sp³-hybridized carbons (Fsp3) is 0.286. The van der Waals surface area contributed by atoms with Gasteiger partial charge in [0, 0.05) is 18.3 Å². The van der Waals surface area contributed by atoms with Gasteiger partial charge in [0.1, 0.15) is 17.1 Å². The first kappa shape index (κ1) is 14.1. The number of nitrogens with one attached hydrogen (secondary N) is 1. The number of aromatic nitrogens is 1. The Morgan fingerprint density at radius 3 is 2.95 bits per heavy atom. The minimum atomic E-state index is -0.980. The van der Waals surface area contributed by atoms with Crippen molar-refractivity contribution in [3.63, 3.8) is 0 Å². The molecule has 2 aromatic heterocycles. The first-order valence-corrected chi connectivity index (χ1v) is 6.13. The second-order valence-corrected chi connectivity index (χ2v) is 4.26. The second kappa shape index (κ2) is 6.21. The number of hydrogen-bond donors (Lipinski definition) is 2. The summed E-state index contributed by atoms with van der Waals surface area (Å²) < 4.78 is 10.5. The number of hydrogen-bond acceptors (Lipinski definition) is 5. The zero-order valence-electron chi connectivity index (χ0n) is 11.3. The van der Waals surface area contributed by atoms with Crippen LogP contribution >= 0.6 is 0 Å². The molecule has 106 valence electrons. The molecule has 2 heterocycles. The molecule has 0 fully saturated rings. The molecule has 0 radical (unpaired) electrons. The number of ether oxygens (including phenoxy) is 1. The van der Waals surface area contributed by atoms with Crippen molar-refractivity contribution in [2.45, 2.75) is 20.0 Å². The minimum absolute atomic E-state index is 0.195. The predicted octanol–water partition coefficient (Wildman–Crippen LogP) is 1.98. The number of aryl methyl sites for hydroxylation is 1. The molecule has 0 atom stereocenters. The number of furan rings is 1. The van der Waals surface area contributed by atoms with Gasteiger partial charge in [-0.1, -0.05) is 6.07 Å². The lowest BCUT2D eigenvalue weighted by Crippen LogP contribution is -2.13. The number of aromatic carboxylic acids is 1. The summed E-state index contributed by atoms with van der Waals surface area (Å²) >= 11 is 0. The molecular weight excluding hydrogens is 260 g/mol.